The van der Waals surface area contributed by atoms with Gasteiger partial charge >= 0.3 is 0 Å². The number of anilines is 1. The van der Waals surface area contributed by atoms with Crippen LogP contribution < -0.4 is 5.32 Å². The third-order valence-corrected chi connectivity index (χ3v) is 5.99. The van der Waals surface area contributed by atoms with E-state index in [0.717, 1.165) is 38.5 Å². The van der Waals surface area contributed by atoms with Crippen LogP contribution in [0.3, 0.4) is 0 Å². The van der Waals surface area contributed by atoms with E-state index in [2.05, 4.69) is 9.88 Å². The van der Waals surface area contributed by atoms with Crippen molar-refractivity contribution < 1.29 is 9.90 Å². The van der Waals surface area contributed by atoms with Crippen molar-refractivity contribution in [2.75, 3.05) is 5.32 Å². The molecule has 2 heterocycles. The van der Waals surface area contributed by atoms with Gasteiger partial charge in [0.2, 0.25) is 5.91 Å². The summed E-state index contributed by atoms with van der Waals surface area (Å²) in [4.78, 5) is 22.6. The van der Waals surface area contributed by atoms with Crippen molar-refractivity contribution in [3.05, 3.63) is 84.9 Å². The maximum Gasteiger partial charge on any atom is 0.226 e. The van der Waals surface area contributed by atoms with Crippen molar-refractivity contribution in [3.8, 4) is 5.75 Å². The number of nitrogens with one attached hydrogen (secondary N) is 1. The van der Waals surface area contributed by atoms with Crippen LogP contribution in [-0.4, -0.2) is 25.5 Å². The van der Waals surface area contributed by atoms with Gasteiger partial charge in [-0.05, 0) is 30.3 Å². The lowest BCUT2D eigenvalue weighted by Crippen LogP contribution is -2.15. The van der Waals surface area contributed by atoms with Crippen LogP contribution in [-0.2, 0) is 11.3 Å². The average Bonchev–Trinajstić information content (AvgIpc) is 3.14. The number of fused-ring (bicyclic) bond motifs is 5. The predicted molar refractivity (Wildman–Crippen MR) is 131 cm³/mol. The molecule has 160 valence electrons. The molecule has 0 bridgehead atoms. The summed E-state index contributed by atoms with van der Waals surface area (Å²) in [6, 6.07) is 26.7. The number of carbonyl (C=O) groups is 1. The predicted octanol–water partition coefficient (Wildman–Crippen LogP) is 5.63. The number of phenols is 1. The highest BCUT2D eigenvalue weighted by atomic mass is 16.3. The number of para-hydroxylation sites is 3. The van der Waals surface area contributed by atoms with Gasteiger partial charge in [-0.25, -0.2) is 9.97 Å². The largest absolute Gasteiger partial charge is 0.507 e. The van der Waals surface area contributed by atoms with Crippen LogP contribution in [0.25, 0.3) is 43.9 Å². The number of amides is 1. The van der Waals surface area contributed by atoms with Gasteiger partial charge in [-0.2, -0.15) is 0 Å². The number of aryl methyl sites for hydroxylation is 1. The Kier molecular flexibility index (Phi) is 4.43. The number of benzene rings is 4. The summed E-state index contributed by atoms with van der Waals surface area (Å²) < 4.78 is 2.07. The molecular formula is C27H20N4O2. The number of rotatable bonds is 4. The van der Waals surface area contributed by atoms with Gasteiger partial charge in [-0.3, -0.25) is 4.79 Å². The van der Waals surface area contributed by atoms with Crippen molar-refractivity contribution in [2.24, 2.45) is 0 Å². The third-order valence-electron chi connectivity index (χ3n) is 5.99. The molecule has 0 aliphatic rings. The Hall–Kier alpha value is -4.45. The van der Waals surface area contributed by atoms with E-state index in [1.807, 2.05) is 72.8 Å². The molecular weight excluding hydrogens is 412 g/mol. The molecule has 0 spiro atoms. The molecule has 2 aromatic heterocycles. The molecule has 6 aromatic rings. The van der Waals surface area contributed by atoms with Crippen LogP contribution in [0.5, 0.6) is 5.75 Å². The quantitative estimate of drug-likeness (QED) is 0.379. The summed E-state index contributed by atoms with van der Waals surface area (Å²) >= 11 is 0. The monoisotopic (exact) mass is 432 g/mol. The molecule has 0 radical (unpaired) electrons. The average molecular weight is 432 g/mol. The molecule has 0 unspecified atom stereocenters. The van der Waals surface area contributed by atoms with Crippen LogP contribution in [0.2, 0.25) is 0 Å². The van der Waals surface area contributed by atoms with E-state index >= 15 is 0 Å². The summed E-state index contributed by atoms with van der Waals surface area (Å²) in [6.45, 7) is 0.471. The number of aromatic hydroxyl groups is 1. The fourth-order valence-electron chi connectivity index (χ4n) is 4.44. The van der Waals surface area contributed by atoms with Crippen LogP contribution in [0.4, 0.5) is 5.69 Å². The second-order valence-corrected chi connectivity index (χ2v) is 8.03. The molecule has 6 nitrogen and oxygen atoms in total. The molecule has 1 amide bonds. The smallest absolute Gasteiger partial charge is 0.226 e. The first-order chi connectivity index (χ1) is 16.2. The molecule has 0 aliphatic heterocycles. The first-order valence-electron chi connectivity index (χ1n) is 10.8. The highest BCUT2D eigenvalue weighted by molar-refractivity contribution is 6.07. The van der Waals surface area contributed by atoms with E-state index in [4.69, 9.17) is 9.97 Å². The van der Waals surface area contributed by atoms with Gasteiger partial charge in [0.1, 0.15) is 11.3 Å². The van der Waals surface area contributed by atoms with Gasteiger partial charge in [-0.15, -0.1) is 0 Å². The van der Waals surface area contributed by atoms with Gasteiger partial charge in [0.25, 0.3) is 0 Å². The van der Waals surface area contributed by atoms with E-state index in [0.29, 0.717) is 17.6 Å². The van der Waals surface area contributed by atoms with E-state index in [1.165, 1.54) is 0 Å². The van der Waals surface area contributed by atoms with E-state index in [1.54, 1.807) is 12.1 Å². The lowest BCUT2D eigenvalue weighted by atomic mass is 10.1. The Morgan fingerprint density at radius 2 is 1.48 bits per heavy atom. The van der Waals surface area contributed by atoms with Crippen LogP contribution in [0.15, 0.2) is 84.9 Å². The van der Waals surface area contributed by atoms with Crippen LogP contribution in [0.1, 0.15) is 6.42 Å². The molecule has 0 aliphatic carbocycles. The Morgan fingerprint density at radius 1 is 0.788 bits per heavy atom. The Labute approximate surface area is 189 Å². The number of hydrogen-bond donors (Lipinski definition) is 2. The van der Waals surface area contributed by atoms with Gasteiger partial charge < -0.3 is 15.0 Å². The van der Waals surface area contributed by atoms with Gasteiger partial charge in [-0.1, -0.05) is 54.6 Å². The zero-order valence-electron chi connectivity index (χ0n) is 17.7. The van der Waals surface area contributed by atoms with Gasteiger partial charge in [0.05, 0.1) is 16.6 Å². The highest BCUT2D eigenvalue weighted by Crippen LogP contribution is 2.31. The topological polar surface area (TPSA) is 80.0 Å². The molecule has 0 saturated carbocycles. The summed E-state index contributed by atoms with van der Waals surface area (Å²) in [7, 11) is 0. The van der Waals surface area contributed by atoms with Crippen molar-refractivity contribution in [1.29, 1.82) is 0 Å². The molecule has 6 rings (SSSR count). The van der Waals surface area contributed by atoms with E-state index in [-0.39, 0.29) is 18.1 Å². The molecule has 0 fully saturated rings. The second kappa shape index (κ2) is 7.60. The number of aromatic nitrogens is 3. The Bertz CT molecular complexity index is 1690. The first kappa shape index (κ1) is 19.3. The number of hydrogen-bond acceptors (Lipinski definition) is 4. The minimum absolute atomic E-state index is 0.106. The summed E-state index contributed by atoms with van der Waals surface area (Å²) in [6.07, 6.45) is 0.275. The SMILES string of the molecule is O=C(CCn1c2ccccc2c2nc3ccccc3nc21)Nc1cccc2c(O)cccc12. The van der Waals surface area contributed by atoms with Crippen LogP contribution in [0, 0.1) is 0 Å². The maximum atomic E-state index is 12.9. The van der Waals surface area contributed by atoms with Crippen molar-refractivity contribution >= 4 is 55.5 Å². The molecule has 33 heavy (non-hydrogen) atoms. The first-order valence-corrected chi connectivity index (χ1v) is 10.8. The fraction of sp³-hybridized carbons (Fsp3) is 0.0741. The summed E-state index contributed by atoms with van der Waals surface area (Å²) in [5.41, 5.74) is 4.98. The number of nitrogens with zero attached hydrogens (tertiary/aromatic N) is 3. The zero-order valence-corrected chi connectivity index (χ0v) is 17.7. The van der Waals surface area contributed by atoms with Crippen molar-refractivity contribution in [2.45, 2.75) is 13.0 Å². The molecule has 0 atom stereocenters. The normalized spacial score (nSPS) is 11.5. The van der Waals surface area contributed by atoms with E-state index in [9.17, 15) is 9.90 Å². The third kappa shape index (κ3) is 3.24. The van der Waals surface area contributed by atoms with Gasteiger partial charge in [0, 0.05) is 34.8 Å². The number of phenolic OH excluding ortho intramolecular Hbond substituents is 1. The lowest BCUT2D eigenvalue weighted by Gasteiger charge is -2.11. The van der Waals surface area contributed by atoms with Crippen molar-refractivity contribution in [1.82, 2.24) is 14.5 Å². The standard InChI is InChI=1S/C27H20N4O2/c32-24-14-6-8-17-18(24)9-5-12-20(17)28-25(33)15-16-31-23-13-4-1-7-19(23)26-27(31)30-22-11-3-2-10-21(22)29-26/h1-14,32H,15-16H2,(H,28,33). The molecule has 6 heteroatoms. The van der Waals surface area contributed by atoms with Gasteiger partial charge in [0.15, 0.2) is 5.65 Å². The summed E-state index contributed by atoms with van der Waals surface area (Å²) in [5, 5.41) is 15.6. The van der Waals surface area contributed by atoms with Crippen LogP contribution >= 0.6 is 0 Å². The molecule has 4 aromatic carbocycles. The Morgan fingerprint density at radius 3 is 2.36 bits per heavy atom. The number of carbonyl (C=O) groups excluding carboxylic acids is 1. The lowest BCUT2D eigenvalue weighted by molar-refractivity contribution is -0.116. The molecule has 2 N–H and O–H groups in total. The Balaban J connectivity index is 1.35. The highest BCUT2D eigenvalue weighted by Gasteiger charge is 2.15. The van der Waals surface area contributed by atoms with Crippen molar-refractivity contribution in [3.63, 3.8) is 0 Å². The second-order valence-electron chi connectivity index (χ2n) is 8.03. The zero-order chi connectivity index (χ0) is 22.4. The summed E-state index contributed by atoms with van der Waals surface area (Å²) in [5.74, 6) is 0.0882. The van der Waals surface area contributed by atoms with E-state index < -0.39 is 0 Å². The minimum atomic E-state index is -0.106. The maximum absolute atomic E-state index is 12.9. The minimum Gasteiger partial charge on any atom is -0.507 e. The fourth-order valence-corrected chi connectivity index (χ4v) is 4.44. The molecule has 0 saturated heterocycles.